The Labute approximate surface area is 156 Å². The fourth-order valence-electron chi connectivity index (χ4n) is 2.17. The molecule has 0 atom stereocenters. The maximum Gasteiger partial charge on any atom is 0.266 e. The highest BCUT2D eigenvalue weighted by Crippen LogP contribution is 2.29. The Kier molecular flexibility index (Phi) is 6.97. The lowest BCUT2D eigenvalue weighted by molar-refractivity contribution is -0.307. The van der Waals surface area contributed by atoms with Gasteiger partial charge in [-0.1, -0.05) is 24.3 Å². The number of carboxylic acid groups (broad SMARTS) is 1. The number of ether oxygens (including phenoxy) is 2. The quantitative estimate of drug-likeness (QED) is 0.564. The zero-order chi connectivity index (χ0) is 19.6. The van der Waals surface area contributed by atoms with E-state index in [4.69, 9.17) is 9.47 Å². The van der Waals surface area contributed by atoms with Crippen LogP contribution in [0.25, 0.3) is 6.08 Å². The molecule has 0 spiro atoms. The summed E-state index contributed by atoms with van der Waals surface area (Å²) in [6.07, 6.45) is 1.41. The third-order valence-corrected chi connectivity index (χ3v) is 3.32. The fourth-order valence-corrected chi connectivity index (χ4v) is 2.17. The van der Waals surface area contributed by atoms with Gasteiger partial charge in [-0.05, 0) is 42.8 Å². The van der Waals surface area contributed by atoms with E-state index in [0.29, 0.717) is 23.6 Å². The van der Waals surface area contributed by atoms with Gasteiger partial charge in [0.1, 0.15) is 18.2 Å². The van der Waals surface area contributed by atoms with Gasteiger partial charge < -0.3 is 24.7 Å². The van der Waals surface area contributed by atoms with E-state index in [0.717, 1.165) is 0 Å². The highest BCUT2D eigenvalue weighted by Gasteiger charge is 2.11. The number of para-hydroxylation sites is 1. The van der Waals surface area contributed by atoms with Crippen LogP contribution < -0.4 is 19.9 Å². The maximum atomic E-state index is 12.3. The van der Waals surface area contributed by atoms with Crippen molar-refractivity contribution in [3.8, 4) is 17.6 Å². The number of carbonyl (C=O) groups is 2. The molecule has 138 valence electrons. The number of hydrogen-bond donors (Lipinski definition) is 1. The Morgan fingerprint density at radius 2 is 1.89 bits per heavy atom. The SMILES string of the molecule is CCOc1cc(/C=C(\C#N)C(=O)Nc2ccccc2)ccc1OCC(=O)[O-]. The zero-order valence-electron chi connectivity index (χ0n) is 14.6. The Morgan fingerprint density at radius 1 is 1.15 bits per heavy atom. The lowest BCUT2D eigenvalue weighted by Gasteiger charge is -2.13. The van der Waals surface area contributed by atoms with E-state index in [1.54, 1.807) is 43.3 Å². The van der Waals surface area contributed by atoms with Crippen LogP contribution in [0.3, 0.4) is 0 Å². The van der Waals surface area contributed by atoms with Crippen molar-refractivity contribution in [2.45, 2.75) is 6.92 Å². The van der Waals surface area contributed by atoms with Crippen LogP contribution in [-0.4, -0.2) is 25.1 Å². The van der Waals surface area contributed by atoms with Crippen LogP contribution in [0.5, 0.6) is 11.5 Å². The summed E-state index contributed by atoms with van der Waals surface area (Å²) in [5.41, 5.74) is 1.01. The molecule has 0 bridgehead atoms. The minimum Gasteiger partial charge on any atom is -0.546 e. The Bertz CT molecular complexity index is 885. The molecular formula is C20H17N2O5-. The third kappa shape index (κ3) is 5.90. The van der Waals surface area contributed by atoms with E-state index in [1.165, 1.54) is 12.1 Å². The van der Waals surface area contributed by atoms with Crippen molar-refractivity contribution in [1.82, 2.24) is 0 Å². The molecule has 7 nitrogen and oxygen atoms in total. The number of hydrogen-bond acceptors (Lipinski definition) is 6. The molecule has 2 rings (SSSR count). The minimum absolute atomic E-state index is 0.0929. The smallest absolute Gasteiger partial charge is 0.266 e. The average molecular weight is 365 g/mol. The highest BCUT2D eigenvalue weighted by molar-refractivity contribution is 6.09. The van der Waals surface area contributed by atoms with Crippen molar-refractivity contribution in [2.24, 2.45) is 0 Å². The highest BCUT2D eigenvalue weighted by atomic mass is 16.5. The second-order valence-corrected chi connectivity index (χ2v) is 5.29. The van der Waals surface area contributed by atoms with Gasteiger partial charge in [-0.15, -0.1) is 0 Å². The van der Waals surface area contributed by atoms with Crippen molar-refractivity contribution in [3.05, 3.63) is 59.7 Å². The van der Waals surface area contributed by atoms with Gasteiger partial charge in [-0.3, -0.25) is 4.79 Å². The molecule has 0 radical (unpaired) electrons. The van der Waals surface area contributed by atoms with E-state index in [-0.39, 0.29) is 11.3 Å². The van der Waals surface area contributed by atoms with Crippen LogP contribution in [-0.2, 0) is 9.59 Å². The zero-order valence-corrected chi connectivity index (χ0v) is 14.6. The summed E-state index contributed by atoms with van der Waals surface area (Å²) >= 11 is 0. The summed E-state index contributed by atoms with van der Waals surface area (Å²) in [5.74, 6) is -1.37. The summed E-state index contributed by atoms with van der Waals surface area (Å²) < 4.78 is 10.5. The summed E-state index contributed by atoms with van der Waals surface area (Å²) in [6, 6.07) is 15.3. The van der Waals surface area contributed by atoms with Crippen LogP contribution in [0.4, 0.5) is 5.69 Å². The summed E-state index contributed by atoms with van der Waals surface area (Å²) in [6.45, 7) is 1.48. The molecule has 0 fully saturated rings. The first-order valence-corrected chi connectivity index (χ1v) is 8.11. The van der Waals surface area contributed by atoms with Gasteiger partial charge in [-0.25, -0.2) is 0 Å². The molecule has 1 amide bonds. The van der Waals surface area contributed by atoms with Gasteiger partial charge in [0, 0.05) is 5.69 Å². The van der Waals surface area contributed by atoms with Crippen LogP contribution in [0.1, 0.15) is 12.5 Å². The number of nitrogens with one attached hydrogen (secondary N) is 1. The van der Waals surface area contributed by atoms with Crippen LogP contribution >= 0.6 is 0 Å². The molecule has 0 aliphatic carbocycles. The molecule has 1 N–H and O–H groups in total. The first-order chi connectivity index (χ1) is 13.0. The summed E-state index contributed by atoms with van der Waals surface area (Å²) in [7, 11) is 0. The van der Waals surface area contributed by atoms with E-state index in [1.807, 2.05) is 12.1 Å². The molecule has 0 aromatic heterocycles. The van der Waals surface area contributed by atoms with Crippen molar-refractivity contribution in [2.75, 3.05) is 18.5 Å². The number of benzene rings is 2. The molecule has 0 heterocycles. The number of nitrogens with zero attached hydrogens (tertiary/aromatic N) is 1. The van der Waals surface area contributed by atoms with Gasteiger partial charge in [-0.2, -0.15) is 5.26 Å². The molecular weight excluding hydrogens is 348 g/mol. The molecule has 0 saturated carbocycles. The van der Waals surface area contributed by atoms with Crippen molar-refractivity contribution >= 4 is 23.6 Å². The number of anilines is 1. The first kappa shape index (κ1) is 19.5. The number of rotatable bonds is 8. The first-order valence-electron chi connectivity index (χ1n) is 8.11. The van der Waals surface area contributed by atoms with E-state index in [2.05, 4.69) is 5.32 Å². The fraction of sp³-hybridized carbons (Fsp3) is 0.150. The van der Waals surface area contributed by atoms with Gasteiger partial charge in [0.15, 0.2) is 11.5 Å². The number of carboxylic acids is 1. The summed E-state index contributed by atoms with van der Waals surface area (Å²) in [4.78, 5) is 22.8. The molecule has 7 heteroatoms. The second kappa shape index (κ2) is 9.63. The normalized spacial score (nSPS) is 10.6. The average Bonchev–Trinajstić information content (AvgIpc) is 2.66. The number of aliphatic carboxylic acids is 1. The number of carbonyl (C=O) groups excluding carboxylic acids is 2. The van der Waals surface area contributed by atoms with E-state index < -0.39 is 18.5 Å². The molecule has 0 aliphatic heterocycles. The van der Waals surface area contributed by atoms with Crippen LogP contribution in [0.15, 0.2) is 54.1 Å². The van der Waals surface area contributed by atoms with Gasteiger partial charge >= 0.3 is 0 Å². The Morgan fingerprint density at radius 3 is 2.52 bits per heavy atom. The van der Waals surface area contributed by atoms with Gasteiger partial charge in [0.05, 0.1) is 12.6 Å². The molecule has 0 unspecified atom stereocenters. The van der Waals surface area contributed by atoms with Crippen molar-refractivity contribution in [1.29, 1.82) is 5.26 Å². The van der Waals surface area contributed by atoms with Crippen molar-refractivity contribution in [3.63, 3.8) is 0 Å². The molecule has 0 saturated heterocycles. The number of amides is 1. The third-order valence-electron chi connectivity index (χ3n) is 3.32. The monoisotopic (exact) mass is 365 g/mol. The van der Waals surface area contributed by atoms with Crippen LogP contribution in [0.2, 0.25) is 0 Å². The topological polar surface area (TPSA) is 111 Å². The Balaban J connectivity index is 2.23. The predicted molar refractivity (Wildman–Crippen MR) is 96.8 cm³/mol. The lowest BCUT2D eigenvalue weighted by Crippen LogP contribution is -2.29. The number of nitriles is 1. The molecule has 27 heavy (non-hydrogen) atoms. The largest absolute Gasteiger partial charge is 0.546 e. The van der Waals surface area contributed by atoms with Crippen molar-refractivity contribution < 1.29 is 24.2 Å². The second-order valence-electron chi connectivity index (χ2n) is 5.29. The lowest BCUT2D eigenvalue weighted by atomic mass is 10.1. The molecule has 0 aliphatic rings. The molecule has 2 aromatic carbocycles. The van der Waals surface area contributed by atoms with E-state index in [9.17, 15) is 20.0 Å². The van der Waals surface area contributed by atoms with Gasteiger partial charge in [0.2, 0.25) is 0 Å². The predicted octanol–water partition coefficient (Wildman–Crippen LogP) is 1.76. The van der Waals surface area contributed by atoms with E-state index >= 15 is 0 Å². The maximum absolute atomic E-state index is 12.3. The molecule has 2 aromatic rings. The standard InChI is InChI=1S/C20H18N2O5/c1-2-26-18-11-14(8-9-17(18)27-13-19(23)24)10-15(12-21)20(25)22-16-6-4-3-5-7-16/h3-11H,2,13H2,1H3,(H,22,25)(H,23,24)/p-1/b15-10+. The van der Waals surface area contributed by atoms with Crippen LogP contribution in [0, 0.1) is 11.3 Å². The van der Waals surface area contributed by atoms with Gasteiger partial charge in [0.25, 0.3) is 5.91 Å². The minimum atomic E-state index is -1.36. The summed E-state index contributed by atoms with van der Waals surface area (Å²) in [5, 5.41) is 22.5. The Hall–Kier alpha value is -3.79.